The third kappa shape index (κ3) is 7.98. The van der Waals surface area contributed by atoms with Crippen LogP contribution in [0.3, 0.4) is 0 Å². The number of aliphatic carboxylic acids is 1. The van der Waals surface area contributed by atoms with Crippen molar-refractivity contribution in [2.75, 3.05) is 5.32 Å². The first-order valence-corrected chi connectivity index (χ1v) is 11.4. The third-order valence-electron chi connectivity index (χ3n) is 5.03. The van der Waals surface area contributed by atoms with E-state index >= 15 is 0 Å². The Hall–Kier alpha value is -5.52. The molecule has 4 N–H and O–H groups in total. The predicted octanol–water partition coefficient (Wildman–Crippen LogP) is 1.94. The fraction of sp³-hybridized carbons (Fsp3) is 0.111. The van der Waals surface area contributed by atoms with Gasteiger partial charge in [0.05, 0.1) is 11.1 Å². The van der Waals surface area contributed by atoms with Crippen molar-refractivity contribution < 1.29 is 43.3 Å². The lowest BCUT2D eigenvalue weighted by atomic mass is 10.1. The molecule has 12 nitrogen and oxygen atoms in total. The van der Waals surface area contributed by atoms with Gasteiger partial charge in [-0.3, -0.25) is 25.2 Å². The first-order chi connectivity index (χ1) is 18.7. The van der Waals surface area contributed by atoms with Crippen LogP contribution < -0.4 is 16.2 Å². The maximum Gasteiger partial charge on any atom is 0.349 e. The molecule has 0 aromatic heterocycles. The molecule has 0 aliphatic carbocycles. The lowest BCUT2D eigenvalue weighted by Crippen LogP contribution is -2.54. The molecule has 0 fully saturated rings. The van der Waals surface area contributed by atoms with Gasteiger partial charge in [0.15, 0.2) is 0 Å². The zero-order valence-electron chi connectivity index (χ0n) is 20.5. The van der Waals surface area contributed by atoms with Crippen LogP contribution in [0.4, 0.5) is 5.69 Å². The van der Waals surface area contributed by atoms with Gasteiger partial charge >= 0.3 is 17.9 Å². The van der Waals surface area contributed by atoms with Crippen LogP contribution in [-0.4, -0.2) is 52.9 Å². The number of carboxylic acids is 1. The molecule has 0 saturated carbocycles. The Morgan fingerprint density at radius 2 is 1.13 bits per heavy atom. The number of anilines is 1. The van der Waals surface area contributed by atoms with Gasteiger partial charge in [-0.25, -0.2) is 14.4 Å². The first kappa shape index (κ1) is 28.1. The minimum Gasteiger partial charge on any atom is -0.478 e. The van der Waals surface area contributed by atoms with Crippen molar-refractivity contribution in [1.29, 1.82) is 0 Å². The minimum absolute atomic E-state index is 0.00267. The van der Waals surface area contributed by atoms with Crippen LogP contribution in [0.15, 0.2) is 84.9 Å². The van der Waals surface area contributed by atoms with E-state index in [9.17, 15) is 33.9 Å². The van der Waals surface area contributed by atoms with E-state index in [0.717, 1.165) is 0 Å². The van der Waals surface area contributed by atoms with Crippen LogP contribution in [0.5, 0.6) is 0 Å². The SMILES string of the molecule is CC(=O)Nc1ccc(C(=O)NNC(=O)[C@@H](OC(=O)c2ccccc2)[C@H](OC(=O)c2ccccc2)C(=O)O)cc1. The maximum absolute atomic E-state index is 13.0. The molecule has 12 heteroatoms. The molecule has 0 radical (unpaired) electrons. The van der Waals surface area contributed by atoms with Gasteiger partial charge in [-0.1, -0.05) is 36.4 Å². The molecule has 2 atom stereocenters. The number of hydrogen-bond acceptors (Lipinski definition) is 8. The van der Waals surface area contributed by atoms with Gasteiger partial charge in [0, 0.05) is 18.2 Å². The van der Waals surface area contributed by atoms with Crippen molar-refractivity contribution >= 4 is 41.3 Å². The van der Waals surface area contributed by atoms with E-state index in [-0.39, 0.29) is 22.6 Å². The van der Waals surface area contributed by atoms with E-state index in [1.54, 1.807) is 12.1 Å². The first-order valence-electron chi connectivity index (χ1n) is 11.4. The summed E-state index contributed by atoms with van der Waals surface area (Å²) >= 11 is 0. The van der Waals surface area contributed by atoms with Crippen molar-refractivity contribution in [1.82, 2.24) is 10.9 Å². The quantitative estimate of drug-likeness (QED) is 0.236. The summed E-state index contributed by atoms with van der Waals surface area (Å²) in [7, 11) is 0. The van der Waals surface area contributed by atoms with E-state index < -0.39 is 41.9 Å². The predicted molar refractivity (Wildman–Crippen MR) is 135 cm³/mol. The van der Waals surface area contributed by atoms with Crippen molar-refractivity contribution in [3.8, 4) is 0 Å². The zero-order valence-corrected chi connectivity index (χ0v) is 20.5. The van der Waals surface area contributed by atoms with Crippen molar-refractivity contribution in [3.63, 3.8) is 0 Å². The molecule has 0 unspecified atom stereocenters. The highest BCUT2D eigenvalue weighted by atomic mass is 16.6. The van der Waals surface area contributed by atoms with Crippen LogP contribution in [0.2, 0.25) is 0 Å². The number of amides is 3. The molecule has 0 bridgehead atoms. The third-order valence-corrected chi connectivity index (χ3v) is 5.03. The summed E-state index contributed by atoms with van der Waals surface area (Å²) in [5, 5.41) is 12.3. The van der Waals surface area contributed by atoms with E-state index in [1.165, 1.54) is 79.7 Å². The second-order valence-electron chi connectivity index (χ2n) is 7.92. The van der Waals surface area contributed by atoms with Gasteiger partial charge in [0.25, 0.3) is 11.8 Å². The molecule has 3 rings (SSSR count). The van der Waals surface area contributed by atoms with Gasteiger partial charge in [0.1, 0.15) is 0 Å². The smallest absolute Gasteiger partial charge is 0.349 e. The minimum atomic E-state index is -2.26. The zero-order chi connectivity index (χ0) is 28.4. The monoisotopic (exact) mass is 533 g/mol. The largest absolute Gasteiger partial charge is 0.478 e. The van der Waals surface area contributed by atoms with E-state index in [4.69, 9.17) is 9.47 Å². The van der Waals surface area contributed by atoms with Gasteiger partial charge in [-0.05, 0) is 48.5 Å². The average Bonchev–Trinajstić information content (AvgIpc) is 2.94. The number of carboxylic acid groups (broad SMARTS) is 1. The van der Waals surface area contributed by atoms with Gasteiger partial charge < -0.3 is 19.9 Å². The summed E-state index contributed by atoms with van der Waals surface area (Å²) in [5.74, 6) is -6.33. The molecule has 0 spiro atoms. The normalized spacial score (nSPS) is 11.7. The molecular weight excluding hydrogens is 510 g/mol. The molecule has 3 aromatic rings. The van der Waals surface area contributed by atoms with Crippen LogP contribution in [0.1, 0.15) is 38.0 Å². The Labute approximate surface area is 221 Å². The highest BCUT2D eigenvalue weighted by Crippen LogP contribution is 2.14. The molecule has 200 valence electrons. The maximum atomic E-state index is 13.0. The number of nitrogens with one attached hydrogen (secondary N) is 3. The summed E-state index contributed by atoms with van der Waals surface area (Å²) in [6.45, 7) is 1.32. The molecule has 0 aliphatic rings. The van der Waals surface area contributed by atoms with Crippen LogP contribution in [0.25, 0.3) is 0 Å². The van der Waals surface area contributed by atoms with Crippen molar-refractivity contribution in [2.45, 2.75) is 19.1 Å². The highest BCUT2D eigenvalue weighted by Gasteiger charge is 2.41. The fourth-order valence-corrected chi connectivity index (χ4v) is 3.18. The standard InChI is InChI=1S/C27H23N3O9/c1-16(31)28-20-14-12-17(13-15-20)23(32)29-30-24(33)21(38-26(36)18-8-4-2-5-9-18)22(25(34)35)39-27(37)19-10-6-3-7-11-19/h2-15,21-22H,1H3,(H,28,31)(H,29,32)(H,30,33)(H,34,35)/t21-,22-/m0/s1. The van der Waals surface area contributed by atoms with Gasteiger partial charge in [0.2, 0.25) is 18.1 Å². The van der Waals surface area contributed by atoms with Crippen LogP contribution in [-0.2, 0) is 23.9 Å². The second-order valence-corrected chi connectivity index (χ2v) is 7.92. The summed E-state index contributed by atoms with van der Waals surface area (Å²) < 4.78 is 10.2. The molecule has 39 heavy (non-hydrogen) atoms. The summed E-state index contributed by atoms with van der Waals surface area (Å²) in [6, 6.07) is 20.4. The summed E-state index contributed by atoms with van der Waals surface area (Å²) in [6.07, 6.45) is -4.45. The van der Waals surface area contributed by atoms with Crippen LogP contribution >= 0.6 is 0 Å². The van der Waals surface area contributed by atoms with Gasteiger partial charge in [-0.2, -0.15) is 0 Å². The Bertz CT molecular complexity index is 1360. The van der Waals surface area contributed by atoms with E-state index in [1.807, 2.05) is 5.43 Å². The number of esters is 2. The molecule has 0 saturated heterocycles. The van der Waals surface area contributed by atoms with Crippen molar-refractivity contribution in [2.24, 2.45) is 0 Å². The average molecular weight is 533 g/mol. The number of hydrogen-bond donors (Lipinski definition) is 4. The molecule has 0 aliphatic heterocycles. The Kier molecular flexibility index (Phi) is 9.46. The summed E-state index contributed by atoms with van der Waals surface area (Å²) in [4.78, 5) is 73.8. The van der Waals surface area contributed by atoms with Crippen LogP contribution in [0, 0.1) is 0 Å². The molecule has 3 amide bonds. The van der Waals surface area contributed by atoms with E-state index in [0.29, 0.717) is 5.69 Å². The number of benzene rings is 3. The number of hydrazine groups is 1. The Morgan fingerprint density at radius 3 is 1.59 bits per heavy atom. The number of carbonyl (C=O) groups excluding carboxylic acids is 5. The number of ether oxygens (including phenoxy) is 2. The van der Waals surface area contributed by atoms with Crippen molar-refractivity contribution in [3.05, 3.63) is 102 Å². The molecular formula is C27H23N3O9. The lowest BCUT2D eigenvalue weighted by molar-refractivity contribution is -0.159. The Balaban J connectivity index is 1.79. The lowest BCUT2D eigenvalue weighted by Gasteiger charge is -2.23. The molecule has 3 aromatic carbocycles. The number of rotatable bonds is 9. The topological polar surface area (TPSA) is 177 Å². The number of carbonyl (C=O) groups is 6. The Morgan fingerprint density at radius 1 is 0.641 bits per heavy atom. The fourth-order valence-electron chi connectivity index (χ4n) is 3.18. The highest BCUT2D eigenvalue weighted by molar-refractivity contribution is 5.99. The van der Waals surface area contributed by atoms with E-state index in [2.05, 4.69) is 10.7 Å². The second kappa shape index (κ2) is 13.1. The summed E-state index contributed by atoms with van der Waals surface area (Å²) in [5.41, 5.74) is 4.57. The van der Waals surface area contributed by atoms with Gasteiger partial charge in [-0.15, -0.1) is 0 Å². The molecule has 0 heterocycles.